The first kappa shape index (κ1) is 18.8. The Morgan fingerprint density at radius 1 is 0.630 bits per heavy atom. The molecule has 27 heavy (non-hydrogen) atoms. The Kier molecular flexibility index (Phi) is 6.03. The summed E-state index contributed by atoms with van der Waals surface area (Å²) in [5, 5.41) is 22.4. The molecule has 0 aliphatic heterocycles. The monoisotopic (exact) mass is 382 g/mol. The Labute approximate surface area is 164 Å². The predicted octanol–water partition coefficient (Wildman–Crippen LogP) is 6.54. The lowest BCUT2D eigenvalue weighted by Gasteiger charge is -2.39. The SMILES string of the molecule is Oc1cccc(O)c1-c1ccccc1P(C1CCCCC1)C1CCCCC1. The topological polar surface area (TPSA) is 40.5 Å². The summed E-state index contributed by atoms with van der Waals surface area (Å²) in [6.45, 7) is 0. The molecule has 0 saturated heterocycles. The zero-order chi connectivity index (χ0) is 18.6. The van der Waals surface area contributed by atoms with E-state index in [-0.39, 0.29) is 19.4 Å². The van der Waals surface area contributed by atoms with E-state index in [4.69, 9.17) is 0 Å². The van der Waals surface area contributed by atoms with Crippen molar-refractivity contribution in [2.24, 2.45) is 0 Å². The fourth-order valence-electron chi connectivity index (χ4n) is 5.12. The maximum Gasteiger partial charge on any atom is 0.127 e. The van der Waals surface area contributed by atoms with Crippen molar-refractivity contribution < 1.29 is 10.2 Å². The lowest BCUT2D eigenvalue weighted by Crippen LogP contribution is -2.27. The van der Waals surface area contributed by atoms with Gasteiger partial charge in [-0.2, -0.15) is 0 Å². The Hall–Kier alpha value is -1.53. The van der Waals surface area contributed by atoms with Crippen LogP contribution >= 0.6 is 7.92 Å². The quantitative estimate of drug-likeness (QED) is 0.590. The highest BCUT2D eigenvalue weighted by molar-refractivity contribution is 7.67. The molecule has 2 N–H and O–H groups in total. The first-order valence-electron chi connectivity index (χ1n) is 10.6. The molecule has 2 fully saturated rings. The molecule has 0 aromatic heterocycles. The maximum absolute atomic E-state index is 10.5. The van der Waals surface area contributed by atoms with E-state index in [0.717, 1.165) is 16.9 Å². The van der Waals surface area contributed by atoms with Crippen LogP contribution in [0.3, 0.4) is 0 Å². The zero-order valence-corrected chi connectivity index (χ0v) is 17.0. The lowest BCUT2D eigenvalue weighted by atomic mass is 9.99. The molecule has 2 aromatic carbocycles. The van der Waals surface area contributed by atoms with Crippen molar-refractivity contribution in [1.29, 1.82) is 0 Å². The van der Waals surface area contributed by atoms with Crippen LogP contribution in [0.1, 0.15) is 64.2 Å². The molecule has 2 aliphatic carbocycles. The van der Waals surface area contributed by atoms with Gasteiger partial charge in [0.15, 0.2) is 0 Å². The van der Waals surface area contributed by atoms with Gasteiger partial charge in [-0.15, -0.1) is 0 Å². The van der Waals surface area contributed by atoms with Gasteiger partial charge < -0.3 is 10.2 Å². The van der Waals surface area contributed by atoms with Gasteiger partial charge in [0, 0.05) is 0 Å². The van der Waals surface area contributed by atoms with E-state index in [9.17, 15) is 10.2 Å². The van der Waals surface area contributed by atoms with Gasteiger partial charge >= 0.3 is 0 Å². The highest BCUT2D eigenvalue weighted by Crippen LogP contribution is 2.56. The van der Waals surface area contributed by atoms with E-state index in [0.29, 0.717) is 5.56 Å². The van der Waals surface area contributed by atoms with Gasteiger partial charge in [-0.25, -0.2) is 0 Å². The molecule has 2 saturated carbocycles. The minimum atomic E-state index is -0.284. The van der Waals surface area contributed by atoms with E-state index < -0.39 is 0 Å². The van der Waals surface area contributed by atoms with Crippen molar-refractivity contribution in [3.8, 4) is 22.6 Å². The minimum absolute atomic E-state index is 0.185. The third-order valence-corrected chi connectivity index (χ3v) is 9.96. The van der Waals surface area contributed by atoms with Gasteiger partial charge in [0.05, 0.1) is 5.56 Å². The van der Waals surface area contributed by atoms with Gasteiger partial charge in [0.1, 0.15) is 11.5 Å². The molecule has 0 unspecified atom stereocenters. The fraction of sp³-hybridized carbons (Fsp3) is 0.500. The molecule has 0 amide bonds. The van der Waals surface area contributed by atoms with E-state index >= 15 is 0 Å². The molecule has 2 aliphatic rings. The number of benzene rings is 2. The summed E-state index contributed by atoms with van der Waals surface area (Å²) in [6.07, 6.45) is 13.6. The molecule has 0 spiro atoms. The summed E-state index contributed by atoms with van der Waals surface area (Å²) in [4.78, 5) is 0. The van der Waals surface area contributed by atoms with Gasteiger partial charge in [-0.05, 0) is 60.0 Å². The Bertz CT molecular complexity index is 722. The Morgan fingerprint density at radius 3 is 1.70 bits per heavy atom. The Morgan fingerprint density at radius 2 is 1.15 bits per heavy atom. The van der Waals surface area contributed by atoms with Crippen LogP contribution in [-0.2, 0) is 0 Å². The number of phenolic OH excluding ortho intramolecular Hbond substituents is 2. The minimum Gasteiger partial charge on any atom is -0.507 e. The summed E-state index contributed by atoms with van der Waals surface area (Å²) in [6, 6.07) is 13.7. The molecule has 0 heterocycles. The third kappa shape index (κ3) is 4.02. The van der Waals surface area contributed by atoms with Crippen LogP contribution < -0.4 is 5.30 Å². The molecule has 0 atom stereocenters. The van der Waals surface area contributed by atoms with Crippen LogP contribution in [0.2, 0.25) is 0 Å². The van der Waals surface area contributed by atoms with E-state index in [1.165, 1.54) is 69.5 Å². The summed E-state index contributed by atoms with van der Waals surface area (Å²) in [7, 11) is -0.284. The molecular weight excluding hydrogens is 351 g/mol. The first-order chi connectivity index (χ1) is 13.3. The fourth-order valence-corrected chi connectivity index (χ4v) is 9.07. The van der Waals surface area contributed by atoms with Crippen molar-refractivity contribution in [3.05, 3.63) is 42.5 Å². The van der Waals surface area contributed by atoms with Crippen LogP contribution in [0.15, 0.2) is 42.5 Å². The molecular formula is C24H31O2P. The zero-order valence-electron chi connectivity index (χ0n) is 16.1. The Balaban J connectivity index is 1.80. The number of rotatable bonds is 4. The number of hydrogen-bond donors (Lipinski definition) is 2. The lowest BCUT2D eigenvalue weighted by molar-refractivity contribution is 0.454. The van der Waals surface area contributed by atoms with Crippen LogP contribution in [0, 0.1) is 0 Å². The van der Waals surface area contributed by atoms with Crippen molar-refractivity contribution >= 4 is 13.2 Å². The third-order valence-electron chi connectivity index (χ3n) is 6.41. The van der Waals surface area contributed by atoms with Crippen LogP contribution in [0.25, 0.3) is 11.1 Å². The van der Waals surface area contributed by atoms with E-state index in [1.54, 1.807) is 18.2 Å². The number of aromatic hydroxyl groups is 2. The second-order valence-electron chi connectivity index (χ2n) is 8.18. The molecule has 144 valence electrons. The maximum atomic E-state index is 10.5. The van der Waals surface area contributed by atoms with Gasteiger partial charge in [0.2, 0.25) is 0 Å². The van der Waals surface area contributed by atoms with Crippen molar-refractivity contribution in [3.63, 3.8) is 0 Å². The predicted molar refractivity (Wildman–Crippen MR) is 116 cm³/mol. The van der Waals surface area contributed by atoms with Crippen molar-refractivity contribution in [2.45, 2.75) is 75.5 Å². The van der Waals surface area contributed by atoms with E-state index in [1.807, 2.05) is 6.07 Å². The molecule has 0 bridgehead atoms. The van der Waals surface area contributed by atoms with Crippen molar-refractivity contribution in [1.82, 2.24) is 0 Å². The van der Waals surface area contributed by atoms with Gasteiger partial charge in [-0.1, -0.05) is 76.8 Å². The standard InChI is InChI=1S/C24H31O2P/c25-21-15-9-16-22(26)24(21)20-14-7-8-17-23(20)27(18-10-3-1-4-11-18)19-12-5-2-6-13-19/h7-9,14-19,25-26H,1-6,10-13H2. The second-order valence-corrected chi connectivity index (χ2v) is 10.9. The highest BCUT2D eigenvalue weighted by atomic mass is 31.1. The van der Waals surface area contributed by atoms with Crippen molar-refractivity contribution in [2.75, 3.05) is 0 Å². The molecule has 4 rings (SSSR count). The van der Waals surface area contributed by atoms with Crippen LogP contribution in [-0.4, -0.2) is 21.5 Å². The first-order valence-corrected chi connectivity index (χ1v) is 12.1. The number of hydrogen-bond acceptors (Lipinski definition) is 2. The summed E-state index contributed by atoms with van der Waals surface area (Å²) >= 11 is 0. The summed E-state index contributed by atoms with van der Waals surface area (Å²) < 4.78 is 0. The smallest absolute Gasteiger partial charge is 0.127 e. The van der Waals surface area contributed by atoms with Crippen LogP contribution in [0.4, 0.5) is 0 Å². The van der Waals surface area contributed by atoms with Gasteiger partial charge in [-0.3, -0.25) is 0 Å². The van der Waals surface area contributed by atoms with E-state index in [2.05, 4.69) is 18.2 Å². The average Bonchev–Trinajstić information content (AvgIpc) is 2.71. The molecule has 0 radical (unpaired) electrons. The summed E-state index contributed by atoms with van der Waals surface area (Å²) in [5.41, 5.74) is 3.26. The van der Waals surface area contributed by atoms with Crippen LogP contribution in [0.5, 0.6) is 11.5 Å². The molecule has 2 nitrogen and oxygen atoms in total. The normalized spacial score (nSPS) is 19.4. The highest BCUT2D eigenvalue weighted by Gasteiger charge is 2.34. The number of phenols is 2. The molecule has 3 heteroatoms. The molecule has 2 aromatic rings. The van der Waals surface area contributed by atoms with Gasteiger partial charge in [0.25, 0.3) is 0 Å². The average molecular weight is 382 g/mol. The largest absolute Gasteiger partial charge is 0.507 e. The second kappa shape index (κ2) is 8.65. The summed E-state index contributed by atoms with van der Waals surface area (Å²) in [5.74, 6) is 0.370.